The maximum atomic E-state index is 5.54. The summed E-state index contributed by atoms with van der Waals surface area (Å²) in [7, 11) is 2.28. The van der Waals surface area contributed by atoms with Gasteiger partial charge >= 0.3 is 0 Å². The lowest BCUT2D eigenvalue weighted by Gasteiger charge is -2.46. The van der Waals surface area contributed by atoms with E-state index in [0.29, 0.717) is 0 Å². The van der Waals surface area contributed by atoms with Crippen molar-refractivity contribution in [2.24, 2.45) is 11.8 Å². The van der Waals surface area contributed by atoms with Crippen LogP contribution in [-0.4, -0.2) is 47.5 Å². The fourth-order valence-corrected chi connectivity index (χ4v) is 3.81. The molecule has 20 heavy (non-hydrogen) atoms. The summed E-state index contributed by atoms with van der Waals surface area (Å²) in [6, 6.07) is 4.89. The van der Waals surface area contributed by atoms with Gasteiger partial charge in [0.1, 0.15) is 5.82 Å². The molecule has 2 aliphatic heterocycles. The largest absolute Gasteiger partial charge is 0.308 e. The van der Waals surface area contributed by atoms with Gasteiger partial charge in [0.05, 0.1) is 0 Å². The zero-order chi connectivity index (χ0) is 13.9. The van der Waals surface area contributed by atoms with E-state index in [9.17, 15) is 0 Å². The van der Waals surface area contributed by atoms with Gasteiger partial charge in [0.2, 0.25) is 0 Å². The number of hydrogen-bond donors (Lipinski definition) is 2. The van der Waals surface area contributed by atoms with E-state index in [4.69, 9.17) is 5.84 Å². The summed E-state index contributed by atoms with van der Waals surface area (Å²) in [6.07, 6.45) is 5.78. The van der Waals surface area contributed by atoms with Gasteiger partial charge in [0.15, 0.2) is 0 Å². The zero-order valence-corrected chi connectivity index (χ0v) is 12.3. The number of rotatable bonds is 3. The summed E-state index contributed by atoms with van der Waals surface area (Å²) in [6.45, 7) is 4.59. The molecule has 2 fully saturated rings. The van der Waals surface area contributed by atoms with Crippen molar-refractivity contribution in [2.45, 2.75) is 31.8 Å². The highest BCUT2D eigenvalue weighted by atomic mass is 15.3. The van der Waals surface area contributed by atoms with Crippen LogP contribution in [0.25, 0.3) is 0 Å². The van der Waals surface area contributed by atoms with Crippen LogP contribution in [0, 0.1) is 5.92 Å². The number of fused-ring (bicyclic) bond motifs is 1. The van der Waals surface area contributed by atoms with Crippen molar-refractivity contribution in [3.05, 3.63) is 23.9 Å². The summed E-state index contributed by atoms with van der Waals surface area (Å²) in [4.78, 5) is 9.40. The molecular formula is C15H25N5. The second-order valence-electron chi connectivity index (χ2n) is 6.13. The Bertz CT molecular complexity index is 450. The maximum Gasteiger partial charge on any atom is 0.144 e. The molecule has 110 valence electrons. The molecule has 5 heteroatoms. The summed E-state index contributed by atoms with van der Waals surface area (Å²) in [5.41, 5.74) is 3.89. The lowest BCUT2D eigenvalue weighted by Crippen LogP contribution is -2.52. The van der Waals surface area contributed by atoms with Crippen molar-refractivity contribution in [1.82, 2.24) is 14.8 Å². The van der Waals surface area contributed by atoms with Crippen LogP contribution in [0.15, 0.2) is 18.3 Å². The molecule has 2 unspecified atom stereocenters. The van der Waals surface area contributed by atoms with Crippen LogP contribution in [-0.2, 0) is 6.54 Å². The number of piperidine rings is 2. The SMILES string of the molecule is CN1CCCC2CN(Cc3cccnc3NN)CCC21. The molecule has 2 aliphatic rings. The van der Waals surface area contributed by atoms with E-state index in [1.54, 1.807) is 6.20 Å². The third kappa shape index (κ3) is 2.80. The number of pyridine rings is 1. The second-order valence-corrected chi connectivity index (χ2v) is 6.13. The minimum atomic E-state index is 0.793. The van der Waals surface area contributed by atoms with Gasteiger partial charge in [-0.2, -0.15) is 0 Å². The average Bonchev–Trinajstić information content (AvgIpc) is 2.48. The van der Waals surface area contributed by atoms with Crippen LogP contribution in [0.3, 0.4) is 0 Å². The molecule has 3 rings (SSSR count). The first-order chi connectivity index (χ1) is 9.78. The quantitative estimate of drug-likeness (QED) is 0.643. The number of nitrogens with one attached hydrogen (secondary N) is 1. The summed E-state index contributed by atoms with van der Waals surface area (Å²) in [5, 5.41) is 0. The van der Waals surface area contributed by atoms with Crippen LogP contribution in [0.4, 0.5) is 5.82 Å². The molecule has 1 aromatic rings. The summed E-state index contributed by atoms with van der Waals surface area (Å²) < 4.78 is 0. The highest BCUT2D eigenvalue weighted by molar-refractivity contribution is 5.42. The first kappa shape index (κ1) is 13.8. The molecule has 0 spiro atoms. The Hall–Kier alpha value is -1.17. The highest BCUT2D eigenvalue weighted by Gasteiger charge is 2.34. The molecule has 0 radical (unpaired) electrons. The molecule has 0 bridgehead atoms. The Morgan fingerprint density at radius 2 is 2.30 bits per heavy atom. The second kappa shape index (κ2) is 6.08. The van der Waals surface area contributed by atoms with Gasteiger partial charge in [-0.15, -0.1) is 0 Å². The fraction of sp³-hybridized carbons (Fsp3) is 0.667. The topological polar surface area (TPSA) is 57.4 Å². The normalized spacial score (nSPS) is 28.1. The van der Waals surface area contributed by atoms with Crippen LogP contribution in [0.5, 0.6) is 0 Å². The van der Waals surface area contributed by atoms with Crippen LogP contribution in [0.1, 0.15) is 24.8 Å². The molecular weight excluding hydrogens is 250 g/mol. The van der Waals surface area contributed by atoms with E-state index < -0.39 is 0 Å². The van der Waals surface area contributed by atoms with Crippen LogP contribution >= 0.6 is 0 Å². The van der Waals surface area contributed by atoms with Gasteiger partial charge in [-0.1, -0.05) is 6.07 Å². The third-order valence-electron chi connectivity index (χ3n) is 4.85. The number of hydrazine groups is 1. The number of anilines is 1. The Morgan fingerprint density at radius 3 is 3.15 bits per heavy atom. The van der Waals surface area contributed by atoms with Crippen molar-refractivity contribution in [2.75, 3.05) is 32.1 Å². The third-order valence-corrected chi connectivity index (χ3v) is 4.85. The minimum Gasteiger partial charge on any atom is -0.308 e. The van der Waals surface area contributed by atoms with Crippen molar-refractivity contribution in [3.63, 3.8) is 0 Å². The number of likely N-dealkylation sites (tertiary alicyclic amines) is 2. The van der Waals surface area contributed by atoms with Crippen molar-refractivity contribution >= 4 is 5.82 Å². The van der Waals surface area contributed by atoms with Gasteiger partial charge in [-0.05, 0) is 51.4 Å². The van der Waals surface area contributed by atoms with E-state index in [0.717, 1.165) is 24.3 Å². The molecule has 0 saturated carbocycles. The van der Waals surface area contributed by atoms with Crippen molar-refractivity contribution in [1.29, 1.82) is 0 Å². The monoisotopic (exact) mass is 275 g/mol. The summed E-state index contributed by atoms with van der Waals surface area (Å²) >= 11 is 0. The van der Waals surface area contributed by atoms with E-state index in [2.05, 4.69) is 33.3 Å². The molecule has 2 atom stereocenters. The van der Waals surface area contributed by atoms with Crippen molar-refractivity contribution in [3.8, 4) is 0 Å². The van der Waals surface area contributed by atoms with Gasteiger partial charge in [0, 0.05) is 30.9 Å². The highest BCUT2D eigenvalue weighted by Crippen LogP contribution is 2.30. The van der Waals surface area contributed by atoms with Gasteiger partial charge in [-0.3, -0.25) is 4.90 Å². The first-order valence-electron chi connectivity index (χ1n) is 7.61. The van der Waals surface area contributed by atoms with Crippen molar-refractivity contribution < 1.29 is 0 Å². The Morgan fingerprint density at radius 1 is 1.40 bits per heavy atom. The Kier molecular flexibility index (Phi) is 4.19. The molecule has 3 N–H and O–H groups in total. The minimum absolute atomic E-state index is 0.793. The molecule has 2 saturated heterocycles. The predicted octanol–water partition coefficient (Wildman–Crippen LogP) is 1.28. The molecule has 3 heterocycles. The number of nitrogens with zero attached hydrogens (tertiary/aromatic N) is 3. The van der Waals surface area contributed by atoms with E-state index in [1.807, 2.05) is 6.07 Å². The Labute approximate surface area is 121 Å². The number of aromatic nitrogens is 1. The predicted molar refractivity (Wildman–Crippen MR) is 81.1 cm³/mol. The number of nitrogens with two attached hydrogens (primary N) is 1. The van der Waals surface area contributed by atoms with Gasteiger partial charge in [0.25, 0.3) is 0 Å². The smallest absolute Gasteiger partial charge is 0.144 e. The standard InChI is InChI=1S/C15H25N5/c1-19-8-3-5-12-10-20(9-6-14(12)19)11-13-4-2-7-17-15(13)18-16/h2,4,7,12,14H,3,5-6,8-11,16H2,1H3,(H,17,18). The summed E-state index contributed by atoms with van der Waals surface area (Å²) in [5.74, 6) is 7.17. The molecule has 0 aliphatic carbocycles. The van der Waals surface area contributed by atoms with Gasteiger partial charge < -0.3 is 10.3 Å². The molecule has 0 amide bonds. The van der Waals surface area contributed by atoms with Crippen LogP contribution < -0.4 is 11.3 Å². The lowest BCUT2D eigenvalue weighted by atomic mass is 9.84. The maximum absolute atomic E-state index is 5.54. The van der Waals surface area contributed by atoms with E-state index >= 15 is 0 Å². The first-order valence-corrected chi connectivity index (χ1v) is 7.61. The average molecular weight is 275 g/mol. The van der Waals surface area contributed by atoms with Gasteiger partial charge in [-0.25, -0.2) is 10.8 Å². The lowest BCUT2D eigenvalue weighted by molar-refractivity contribution is 0.0355. The number of hydrogen-bond acceptors (Lipinski definition) is 5. The van der Waals surface area contributed by atoms with Crippen LogP contribution in [0.2, 0.25) is 0 Å². The Balaban J connectivity index is 1.65. The molecule has 0 aromatic carbocycles. The fourth-order valence-electron chi connectivity index (χ4n) is 3.81. The number of nitrogen functional groups attached to an aromatic ring is 1. The molecule has 1 aromatic heterocycles. The molecule has 5 nitrogen and oxygen atoms in total. The van der Waals surface area contributed by atoms with E-state index in [1.165, 1.54) is 44.5 Å². The zero-order valence-electron chi connectivity index (χ0n) is 12.3. The van der Waals surface area contributed by atoms with E-state index in [-0.39, 0.29) is 0 Å².